The maximum absolute atomic E-state index is 12.7. The maximum Gasteiger partial charge on any atom is 0.313 e. The number of ether oxygens (including phenoxy) is 3. The van der Waals surface area contributed by atoms with Gasteiger partial charge in [0, 0.05) is 32.4 Å². The molecule has 2 rings (SSSR count). The number of likely N-dealkylation sites (tertiary alicyclic amines) is 1. The molecule has 5 heteroatoms. The van der Waals surface area contributed by atoms with Crippen LogP contribution in [0.4, 0.5) is 0 Å². The van der Waals surface area contributed by atoms with E-state index in [1.807, 2.05) is 25.1 Å². The third-order valence-corrected chi connectivity index (χ3v) is 4.87. The van der Waals surface area contributed by atoms with Crippen LogP contribution < -0.4 is 4.74 Å². The summed E-state index contributed by atoms with van der Waals surface area (Å²) in [5.41, 5.74) is 0.641. The highest BCUT2D eigenvalue weighted by atomic mass is 16.5. The monoisotopic (exact) mass is 361 g/mol. The highest BCUT2D eigenvalue weighted by Gasteiger charge is 2.43. The van der Waals surface area contributed by atoms with E-state index in [4.69, 9.17) is 14.2 Å². The van der Waals surface area contributed by atoms with Gasteiger partial charge in [-0.15, -0.1) is 0 Å². The lowest BCUT2D eigenvalue weighted by Crippen LogP contribution is -2.48. The van der Waals surface area contributed by atoms with Gasteiger partial charge in [-0.1, -0.05) is 30.9 Å². The number of hydrogen-bond acceptors (Lipinski definition) is 5. The first-order valence-electron chi connectivity index (χ1n) is 9.35. The molecule has 1 fully saturated rings. The molecule has 1 aliphatic heterocycles. The number of hydrogen-bond donors (Lipinski definition) is 0. The van der Waals surface area contributed by atoms with Crippen molar-refractivity contribution in [1.29, 1.82) is 0 Å². The second-order valence-electron chi connectivity index (χ2n) is 6.77. The van der Waals surface area contributed by atoms with E-state index in [1.54, 1.807) is 13.2 Å². The molecule has 0 radical (unpaired) electrons. The summed E-state index contributed by atoms with van der Waals surface area (Å²) >= 11 is 0. The summed E-state index contributed by atoms with van der Waals surface area (Å²) in [4.78, 5) is 15.0. The number of piperidine rings is 1. The Labute approximate surface area is 156 Å². The predicted molar refractivity (Wildman–Crippen MR) is 102 cm³/mol. The molecule has 1 atom stereocenters. The lowest BCUT2D eigenvalue weighted by Gasteiger charge is -2.41. The van der Waals surface area contributed by atoms with Gasteiger partial charge in [-0.2, -0.15) is 0 Å². The SMILES string of the molecule is C=CCOc1ccccc1CN1CCC[C@@](CCOC)(C(=O)OCC)C1. The van der Waals surface area contributed by atoms with Crippen LogP contribution in [0, 0.1) is 5.41 Å². The molecular weight excluding hydrogens is 330 g/mol. The highest BCUT2D eigenvalue weighted by molar-refractivity contribution is 5.77. The molecular formula is C21H31NO4. The Balaban J connectivity index is 2.13. The normalized spacial score (nSPS) is 20.5. The first-order valence-corrected chi connectivity index (χ1v) is 9.35. The predicted octanol–water partition coefficient (Wildman–Crippen LogP) is 3.43. The molecule has 0 bridgehead atoms. The van der Waals surface area contributed by atoms with E-state index in [2.05, 4.69) is 17.5 Å². The summed E-state index contributed by atoms with van der Waals surface area (Å²) in [6, 6.07) is 8.05. The summed E-state index contributed by atoms with van der Waals surface area (Å²) in [6.07, 6.45) is 4.25. The number of esters is 1. The molecule has 1 aromatic rings. The Morgan fingerprint density at radius 1 is 1.38 bits per heavy atom. The third kappa shape index (κ3) is 5.32. The van der Waals surface area contributed by atoms with Gasteiger partial charge in [-0.25, -0.2) is 0 Å². The van der Waals surface area contributed by atoms with Crippen molar-refractivity contribution in [2.24, 2.45) is 5.41 Å². The Hall–Kier alpha value is -1.85. The van der Waals surface area contributed by atoms with E-state index in [1.165, 1.54) is 0 Å². The molecule has 1 aromatic carbocycles. The summed E-state index contributed by atoms with van der Waals surface area (Å²) in [5.74, 6) is 0.773. The molecule has 1 aliphatic rings. The van der Waals surface area contributed by atoms with Crippen molar-refractivity contribution < 1.29 is 19.0 Å². The van der Waals surface area contributed by atoms with Crippen molar-refractivity contribution >= 4 is 5.97 Å². The molecule has 0 N–H and O–H groups in total. The van der Waals surface area contributed by atoms with Crippen LogP contribution in [0.2, 0.25) is 0 Å². The molecule has 0 aliphatic carbocycles. The number of para-hydroxylation sites is 1. The van der Waals surface area contributed by atoms with Crippen molar-refractivity contribution in [3.63, 3.8) is 0 Å². The van der Waals surface area contributed by atoms with Crippen molar-refractivity contribution in [3.8, 4) is 5.75 Å². The molecule has 0 amide bonds. The van der Waals surface area contributed by atoms with Gasteiger partial charge in [0.2, 0.25) is 0 Å². The Kier molecular flexibility index (Phi) is 8.13. The van der Waals surface area contributed by atoms with Gasteiger partial charge in [0.1, 0.15) is 12.4 Å². The molecule has 0 spiro atoms. The van der Waals surface area contributed by atoms with Gasteiger partial charge in [-0.05, 0) is 38.8 Å². The minimum Gasteiger partial charge on any atom is -0.489 e. The third-order valence-electron chi connectivity index (χ3n) is 4.87. The summed E-state index contributed by atoms with van der Waals surface area (Å²) < 4.78 is 16.4. The zero-order chi connectivity index (χ0) is 18.8. The standard InChI is InChI=1S/C21H31NO4/c1-4-14-26-19-10-7-6-9-18(19)16-22-13-8-11-21(17-22,12-15-24-3)20(23)25-5-2/h4,6-7,9-10H,1,5,8,11-17H2,2-3H3/t21-/m0/s1. The summed E-state index contributed by atoms with van der Waals surface area (Å²) in [7, 11) is 1.67. The van der Waals surface area contributed by atoms with Gasteiger partial charge < -0.3 is 14.2 Å². The quantitative estimate of drug-likeness (QED) is 0.472. The van der Waals surface area contributed by atoms with Crippen LogP contribution in [0.1, 0.15) is 31.7 Å². The molecule has 0 unspecified atom stereocenters. The molecule has 5 nitrogen and oxygen atoms in total. The maximum atomic E-state index is 12.7. The van der Waals surface area contributed by atoms with Crippen molar-refractivity contribution in [3.05, 3.63) is 42.5 Å². The number of rotatable bonds is 10. The minimum absolute atomic E-state index is 0.0991. The number of benzene rings is 1. The average Bonchev–Trinajstić information content (AvgIpc) is 2.66. The molecule has 1 heterocycles. The van der Waals surface area contributed by atoms with Crippen LogP contribution >= 0.6 is 0 Å². The summed E-state index contributed by atoms with van der Waals surface area (Å²) in [6.45, 7) is 9.42. The number of methoxy groups -OCH3 is 1. The van der Waals surface area contributed by atoms with E-state index in [0.29, 0.717) is 32.8 Å². The van der Waals surface area contributed by atoms with E-state index in [9.17, 15) is 4.79 Å². The second-order valence-corrected chi connectivity index (χ2v) is 6.77. The number of nitrogens with zero attached hydrogens (tertiary/aromatic N) is 1. The largest absolute Gasteiger partial charge is 0.489 e. The lowest BCUT2D eigenvalue weighted by molar-refractivity contribution is -0.160. The fraction of sp³-hybridized carbons (Fsp3) is 0.571. The molecule has 0 saturated carbocycles. The molecule has 144 valence electrons. The summed E-state index contributed by atoms with van der Waals surface area (Å²) in [5, 5.41) is 0. The van der Waals surface area contributed by atoms with Crippen LogP contribution in [0.3, 0.4) is 0 Å². The first-order chi connectivity index (χ1) is 12.6. The lowest BCUT2D eigenvalue weighted by atomic mass is 9.77. The zero-order valence-corrected chi connectivity index (χ0v) is 16.0. The van der Waals surface area contributed by atoms with E-state index in [0.717, 1.165) is 37.2 Å². The fourth-order valence-corrected chi connectivity index (χ4v) is 3.58. The molecule has 26 heavy (non-hydrogen) atoms. The Bertz CT molecular complexity index is 589. The Morgan fingerprint density at radius 3 is 2.92 bits per heavy atom. The second kappa shape index (κ2) is 10.3. The zero-order valence-electron chi connectivity index (χ0n) is 16.0. The van der Waals surface area contributed by atoms with Gasteiger partial charge in [0.25, 0.3) is 0 Å². The van der Waals surface area contributed by atoms with Gasteiger partial charge in [-0.3, -0.25) is 9.69 Å². The minimum atomic E-state index is -0.485. The molecule has 1 saturated heterocycles. The van der Waals surface area contributed by atoms with Gasteiger partial charge in [0.05, 0.1) is 12.0 Å². The van der Waals surface area contributed by atoms with E-state index >= 15 is 0 Å². The van der Waals surface area contributed by atoms with Gasteiger partial charge in [0.15, 0.2) is 0 Å². The van der Waals surface area contributed by atoms with Crippen LogP contribution in [0.5, 0.6) is 5.75 Å². The van der Waals surface area contributed by atoms with Crippen molar-refractivity contribution in [2.75, 3.05) is 40.0 Å². The van der Waals surface area contributed by atoms with Gasteiger partial charge >= 0.3 is 5.97 Å². The first kappa shape index (κ1) is 20.5. The smallest absolute Gasteiger partial charge is 0.313 e. The van der Waals surface area contributed by atoms with Crippen LogP contribution in [-0.2, 0) is 20.8 Å². The van der Waals surface area contributed by atoms with Crippen LogP contribution in [0.15, 0.2) is 36.9 Å². The molecule has 0 aromatic heterocycles. The number of carbonyl (C=O) groups is 1. The Morgan fingerprint density at radius 2 is 2.19 bits per heavy atom. The topological polar surface area (TPSA) is 48.0 Å². The average molecular weight is 361 g/mol. The number of carbonyl (C=O) groups excluding carboxylic acids is 1. The highest BCUT2D eigenvalue weighted by Crippen LogP contribution is 2.36. The van der Waals surface area contributed by atoms with Crippen LogP contribution in [0.25, 0.3) is 0 Å². The fourth-order valence-electron chi connectivity index (χ4n) is 3.58. The van der Waals surface area contributed by atoms with Crippen LogP contribution in [-0.4, -0.2) is 50.9 Å². The van der Waals surface area contributed by atoms with E-state index < -0.39 is 5.41 Å². The van der Waals surface area contributed by atoms with E-state index in [-0.39, 0.29) is 5.97 Å². The van der Waals surface area contributed by atoms with Crippen molar-refractivity contribution in [2.45, 2.75) is 32.7 Å². The van der Waals surface area contributed by atoms with Crippen molar-refractivity contribution in [1.82, 2.24) is 4.90 Å².